The summed E-state index contributed by atoms with van der Waals surface area (Å²) in [7, 11) is 0. The molecule has 0 aliphatic heterocycles. The van der Waals surface area contributed by atoms with E-state index in [1.165, 1.54) is 6.07 Å². The first-order chi connectivity index (χ1) is 11.9. The number of hydrogen-bond donors (Lipinski definition) is 0. The summed E-state index contributed by atoms with van der Waals surface area (Å²) in [5.41, 5.74) is 2.33. The number of Topliss-reactive ketones (excluding diaryl/α,β-unsaturated/α-hetero) is 1. The zero-order valence-electron chi connectivity index (χ0n) is 13.9. The molecule has 0 fully saturated rings. The molecule has 0 atom stereocenters. The Labute approximate surface area is 149 Å². The molecule has 7 heteroatoms. The maximum Gasteiger partial charge on any atom is 0.316 e. The molecule has 0 saturated heterocycles. The van der Waals surface area contributed by atoms with Gasteiger partial charge in [0, 0.05) is 11.6 Å². The Kier molecular flexibility index (Phi) is 6.30. The number of carbonyl (C=O) groups is 2. The van der Waals surface area contributed by atoms with Crippen LogP contribution in [0.25, 0.3) is 0 Å². The van der Waals surface area contributed by atoms with E-state index in [1.54, 1.807) is 24.3 Å². The number of carbonyl (C=O) groups excluding carboxylic acids is 2. The molecular weight excluding hydrogens is 342 g/mol. The molecule has 0 saturated carbocycles. The monoisotopic (exact) mass is 359 g/mol. The number of hydrogen-bond acceptors (Lipinski definition) is 6. The molecule has 0 aliphatic carbocycles. The Hall–Kier alpha value is -2.67. The van der Waals surface area contributed by atoms with Crippen LogP contribution in [0.2, 0.25) is 0 Å². The van der Waals surface area contributed by atoms with E-state index >= 15 is 0 Å². The minimum absolute atomic E-state index is 0.0633. The lowest BCUT2D eigenvalue weighted by Crippen LogP contribution is -2.16. The van der Waals surface area contributed by atoms with Gasteiger partial charge < -0.3 is 4.74 Å². The van der Waals surface area contributed by atoms with Crippen LogP contribution in [0.5, 0.6) is 0 Å². The topological polar surface area (TPSA) is 86.5 Å². The minimum atomic E-state index is -0.596. The normalized spacial score (nSPS) is 10.3. The summed E-state index contributed by atoms with van der Waals surface area (Å²) in [6.45, 7) is 3.41. The summed E-state index contributed by atoms with van der Waals surface area (Å²) in [6, 6.07) is 11.6. The molecule has 6 nitrogen and oxygen atoms in total. The maximum absolute atomic E-state index is 12.1. The molecule has 0 radical (unpaired) electrons. The van der Waals surface area contributed by atoms with Crippen molar-refractivity contribution in [1.29, 1.82) is 0 Å². The zero-order chi connectivity index (χ0) is 18.4. The molecule has 25 heavy (non-hydrogen) atoms. The van der Waals surface area contributed by atoms with E-state index in [-0.39, 0.29) is 23.8 Å². The molecule has 0 unspecified atom stereocenters. The first-order valence-corrected chi connectivity index (χ1v) is 8.49. The first-order valence-electron chi connectivity index (χ1n) is 7.51. The van der Waals surface area contributed by atoms with Crippen molar-refractivity contribution in [2.75, 3.05) is 12.4 Å². The van der Waals surface area contributed by atoms with Crippen molar-refractivity contribution in [3.63, 3.8) is 0 Å². The van der Waals surface area contributed by atoms with Crippen molar-refractivity contribution in [2.24, 2.45) is 0 Å². The summed E-state index contributed by atoms with van der Waals surface area (Å²) >= 11 is 1.01. The van der Waals surface area contributed by atoms with Crippen LogP contribution in [0.1, 0.15) is 21.5 Å². The van der Waals surface area contributed by atoms with Crippen molar-refractivity contribution >= 4 is 29.2 Å². The molecule has 130 valence electrons. The lowest BCUT2D eigenvalue weighted by Gasteiger charge is -2.07. The van der Waals surface area contributed by atoms with Gasteiger partial charge in [-0.25, -0.2) is 0 Å². The molecular formula is C18H17NO5S. The lowest BCUT2D eigenvalue weighted by molar-refractivity contribution is -0.387. The van der Waals surface area contributed by atoms with Crippen LogP contribution in [-0.4, -0.2) is 29.0 Å². The average molecular weight is 359 g/mol. The number of thioether (sulfide) groups is 1. The van der Waals surface area contributed by atoms with Crippen molar-refractivity contribution in [1.82, 2.24) is 0 Å². The number of esters is 1. The fourth-order valence-electron chi connectivity index (χ4n) is 2.26. The molecule has 0 aromatic heterocycles. The number of nitro groups is 1. The summed E-state index contributed by atoms with van der Waals surface area (Å²) in [5, 5.41) is 10.9. The molecule has 2 aromatic carbocycles. The number of nitro benzene ring substituents is 1. The first kappa shape index (κ1) is 18.7. The second kappa shape index (κ2) is 8.43. The SMILES string of the molecule is Cc1ccc(C(=O)COC(=O)CSc2ccccc2[N+](=O)[O-])c(C)c1. The predicted molar refractivity (Wildman–Crippen MR) is 95.0 cm³/mol. The van der Waals surface area contributed by atoms with Gasteiger partial charge in [-0.15, -0.1) is 11.8 Å². The average Bonchev–Trinajstić information content (AvgIpc) is 2.58. The van der Waals surface area contributed by atoms with Crippen LogP contribution >= 0.6 is 11.8 Å². The number of para-hydroxylation sites is 1. The predicted octanol–water partition coefficient (Wildman–Crippen LogP) is 3.73. The van der Waals surface area contributed by atoms with E-state index < -0.39 is 10.9 Å². The van der Waals surface area contributed by atoms with Gasteiger partial charge in [-0.1, -0.05) is 35.9 Å². The second-order valence-electron chi connectivity index (χ2n) is 5.42. The molecule has 2 rings (SSSR count). The van der Waals surface area contributed by atoms with Crippen molar-refractivity contribution < 1.29 is 19.2 Å². The van der Waals surface area contributed by atoms with Gasteiger partial charge in [-0.05, 0) is 25.5 Å². The third kappa shape index (κ3) is 5.15. The van der Waals surface area contributed by atoms with Crippen LogP contribution in [0.4, 0.5) is 5.69 Å². The Morgan fingerprint density at radius 2 is 1.88 bits per heavy atom. The van der Waals surface area contributed by atoms with Crippen molar-refractivity contribution in [2.45, 2.75) is 18.7 Å². The zero-order valence-corrected chi connectivity index (χ0v) is 14.7. The highest BCUT2D eigenvalue weighted by atomic mass is 32.2. The van der Waals surface area contributed by atoms with E-state index in [0.29, 0.717) is 10.5 Å². The Balaban J connectivity index is 1.89. The van der Waals surface area contributed by atoms with Gasteiger partial charge in [-0.2, -0.15) is 0 Å². The number of rotatable bonds is 7. The van der Waals surface area contributed by atoms with Gasteiger partial charge in [0.2, 0.25) is 5.78 Å². The molecule has 0 aliphatic rings. The second-order valence-corrected chi connectivity index (χ2v) is 6.43. The maximum atomic E-state index is 12.1. The smallest absolute Gasteiger partial charge is 0.316 e. The highest BCUT2D eigenvalue weighted by molar-refractivity contribution is 8.00. The third-order valence-electron chi connectivity index (χ3n) is 3.45. The number of aryl methyl sites for hydroxylation is 2. The molecule has 0 spiro atoms. The lowest BCUT2D eigenvalue weighted by atomic mass is 10.0. The third-order valence-corrected chi connectivity index (χ3v) is 4.49. The molecule has 0 N–H and O–H groups in total. The van der Waals surface area contributed by atoms with Crippen molar-refractivity contribution in [3.8, 4) is 0 Å². The Morgan fingerprint density at radius 3 is 2.56 bits per heavy atom. The summed E-state index contributed by atoms with van der Waals surface area (Å²) < 4.78 is 4.99. The van der Waals surface area contributed by atoms with Gasteiger partial charge in [0.1, 0.15) is 0 Å². The summed E-state index contributed by atoms with van der Waals surface area (Å²) in [4.78, 5) is 34.7. The minimum Gasteiger partial charge on any atom is -0.457 e. The van der Waals surface area contributed by atoms with Crippen LogP contribution in [-0.2, 0) is 9.53 Å². The van der Waals surface area contributed by atoms with E-state index in [0.717, 1.165) is 22.9 Å². The summed E-state index contributed by atoms with van der Waals surface area (Å²) in [5.74, 6) is -0.979. The quantitative estimate of drug-likeness (QED) is 0.246. The van der Waals surface area contributed by atoms with Gasteiger partial charge in [0.05, 0.1) is 15.6 Å². The fraction of sp³-hybridized carbons (Fsp3) is 0.222. The van der Waals surface area contributed by atoms with E-state index in [9.17, 15) is 19.7 Å². The molecule has 2 aromatic rings. The number of nitrogens with zero attached hydrogens (tertiary/aromatic N) is 1. The van der Waals surface area contributed by atoms with Crippen LogP contribution in [0, 0.1) is 24.0 Å². The van der Waals surface area contributed by atoms with Gasteiger partial charge in [0.15, 0.2) is 6.61 Å². The number of ketones is 1. The van der Waals surface area contributed by atoms with Gasteiger partial charge in [-0.3, -0.25) is 19.7 Å². The molecule has 0 amide bonds. The number of benzene rings is 2. The van der Waals surface area contributed by atoms with E-state index in [4.69, 9.17) is 4.74 Å². The Bertz CT molecular complexity index is 819. The fourth-order valence-corrected chi connectivity index (χ4v) is 3.08. The van der Waals surface area contributed by atoms with Crippen LogP contribution < -0.4 is 0 Å². The largest absolute Gasteiger partial charge is 0.457 e. The highest BCUT2D eigenvalue weighted by Gasteiger charge is 2.16. The van der Waals surface area contributed by atoms with Crippen LogP contribution in [0.3, 0.4) is 0 Å². The van der Waals surface area contributed by atoms with E-state index in [1.807, 2.05) is 26.0 Å². The van der Waals surface area contributed by atoms with Crippen molar-refractivity contribution in [3.05, 3.63) is 69.3 Å². The highest BCUT2D eigenvalue weighted by Crippen LogP contribution is 2.28. The van der Waals surface area contributed by atoms with Gasteiger partial charge in [0.25, 0.3) is 5.69 Å². The standard InChI is InChI=1S/C18H17NO5S/c1-12-7-8-14(13(2)9-12)16(20)10-24-18(21)11-25-17-6-4-3-5-15(17)19(22)23/h3-9H,10-11H2,1-2H3. The molecule has 0 heterocycles. The molecule has 0 bridgehead atoms. The number of ether oxygens (including phenoxy) is 1. The van der Waals surface area contributed by atoms with Crippen LogP contribution in [0.15, 0.2) is 47.4 Å². The van der Waals surface area contributed by atoms with Gasteiger partial charge >= 0.3 is 5.97 Å². The Morgan fingerprint density at radius 1 is 1.16 bits per heavy atom. The summed E-state index contributed by atoms with van der Waals surface area (Å²) in [6.07, 6.45) is 0. The van der Waals surface area contributed by atoms with E-state index in [2.05, 4.69) is 0 Å².